The molecule has 2 rings (SSSR count). The average Bonchev–Trinajstić information content (AvgIpc) is 2.26. The number of fused-ring (bicyclic) bond motifs is 1. The van der Waals surface area contributed by atoms with Crippen LogP contribution in [0.15, 0.2) is 0 Å². The van der Waals surface area contributed by atoms with E-state index in [-0.39, 0.29) is 36.6 Å². The van der Waals surface area contributed by atoms with Gasteiger partial charge in [-0.15, -0.1) is 12.4 Å². The topological polar surface area (TPSA) is 37.8 Å². The van der Waals surface area contributed by atoms with Crippen LogP contribution in [0.3, 0.4) is 0 Å². The highest BCUT2D eigenvalue weighted by atomic mass is 35.5. The zero-order chi connectivity index (χ0) is 11.8. The molecule has 0 saturated heterocycles. The molecule has 0 fully saturated rings. The summed E-state index contributed by atoms with van der Waals surface area (Å²) in [6.07, 6.45) is -4.33. The molecule has 8 heteroatoms. The van der Waals surface area contributed by atoms with Crippen LogP contribution in [-0.4, -0.2) is 16.5 Å². The lowest BCUT2D eigenvalue weighted by Gasteiger charge is -2.20. The lowest BCUT2D eigenvalue weighted by molar-refractivity contribution is -0.142. The lowest BCUT2D eigenvalue weighted by Crippen LogP contribution is -2.29. The maximum absolute atomic E-state index is 12.7. The van der Waals surface area contributed by atoms with Gasteiger partial charge in [0.1, 0.15) is 6.67 Å². The zero-order valence-electron chi connectivity index (χ0n) is 8.64. The van der Waals surface area contributed by atoms with Crippen molar-refractivity contribution in [2.45, 2.75) is 25.8 Å². The van der Waals surface area contributed by atoms with Crippen LogP contribution in [0.1, 0.15) is 22.8 Å². The number of hydrogen-bond donors (Lipinski definition) is 1. The molecule has 2 heterocycles. The maximum atomic E-state index is 12.7. The van der Waals surface area contributed by atoms with Gasteiger partial charge in [-0.1, -0.05) is 0 Å². The van der Waals surface area contributed by atoms with E-state index in [0.29, 0.717) is 6.54 Å². The standard InChI is InChI=1S/C9H9F4N3.ClH/c10-3-7-15-6-4-14-2-1-5(6)8(16-7)9(11,12)13;/h14H,1-4H2;1H. The van der Waals surface area contributed by atoms with Gasteiger partial charge in [0.05, 0.1) is 5.69 Å². The fraction of sp³-hybridized carbons (Fsp3) is 0.556. The zero-order valence-corrected chi connectivity index (χ0v) is 9.46. The highest BCUT2D eigenvalue weighted by molar-refractivity contribution is 5.85. The first kappa shape index (κ1) is 14.1. The summed E-state index contributed by atoms with van der Waals surface area (Å²) < 4.78 is 50.3. The molecule has 17 heavy (non-hydrogen) atoms. The van der Waals surface area contributed by atoms with Crippen LogP contribution in [0.5, 0.6) is 0 Å². The molecule has 0 atom stereocenters. The lowest BCUT2D eigenvalue weighted by atomic mass is 10.0. The van der Waals surface area contributed by atoms with E-state index < -0.39 is 24.4 Å². The molecule has 0 radical (unpaired) electrons. The molecular formula is C9H10ClF4N3. The minimum Gasteiger partial charge on any atom is -0.311 e. The molecule has 0 amide bonds. The van der Waals surface area contributed by atoms with Gasteiger partial charge in [-0.25, -0.2) is 14.4 Å². The largest absolute Gasteiger partial charge is 0.433 e. The Kier molecular flexibility index (Phi) is 4.26. The molecule has 0 bridgehead atoms. The minimum atomic E-state index is -4.55. The van der Waals surface area contributed by atoms with Gasteiger partial charge in [-0.2, -0.15) is 13.2 Å². The fourth-order valence-electron chi connectivity index (χ4n) is 1.70. The van der Waals surface area contributed by atoms with Gasteiger partial charge in [0.25, 0.3) is 0 Å². The summed E-state index contributed by atoms with van der Waals surface area (Å²) in [6, 6.07) is 0. The first-order chi connectivity index (χ1) is 7.52. The van der Waals surface area contributed by atoms with E-state index in [1.165, 1.54) is 0 Å². The highest BCUT2D eigenvalue weighted by Crippen LogP contribution is 2.32. The monoisotopic (exact) mass is 271 g/mol. The maximum Gasteiger partial charge on any atom is 0.433 e. The summed E-state index contributed by atoms with van der Waals surface area (Å²) in [5.41, 5.74) is -0.656. The van der Waals surface area contributed by atoms with Crippen molar-refractivity contribution in [3.05, 3.63) is 22.8 Å². The highest BCUT2D eigenvalue weighted by Gasteiger charge is 2.37. The molecular weight excluding hydrogens is 262 g/mol. The third-order valence-corrected chi connectivity index (χ3v) is 2.37. The van der Waals surface area contributed by atoms with Crippen molar-refractivity contribution in [2.75, 3.05) is 6.54 Å². The number of alkyl halides is 4. The normalized spacial score (nSPS) is 15.1. The fourth-order valence-corrected chi connectivity index (χ4v) is 1.70. The smallest absolute Gasteiger partial charge is 0.311 e. The molecule has 3 nitrogen and oxygen atoms in total. The number of halogens is 5. The van der Waals surface area contributed by atoms with E-state index in [9.17, 15) is 17.6 Å². The van der Waals surface area contributed by atoms with Crippen molar-refractivity contribution in [3.63, 3.8) is 0 Å². The molecule has 0 unspecified atom stereocenters. The number of aromatic nitrogens is 2. The third-order valence-electron chi connectivity index (χ3n) is 2.37. The number of hydrogen-bond acceptors (Lipinski definition) is 3. The van der Waals surface area contributed by atoms with E-state index in [2.05, 4.69) is 15.3 Å². The van der Waals surface area contributed by atoms with Gasteiger partial charge < -0.3 is 5.32 Å². The van der Waals surface area contributed by atoms with E-state index >= 15 is 0 Å². The number of rotatable bonds is 1. The van der Waals surface area contributed by atoms with Gasteiger partial charge in [-0.3, -0.25) is 0 Å². The predicted molar refractivity (Wildman–Crippen MR) is 54.5 cm³/mol. The van der Waals surface area contributed by atoms with Crippen LogP contribution in [0.4, 0.5) is 17.6 Å². The molecule has 1 aliphatic rings. The van der Waals surface area contributed by atoms with Crippen molar-refractivity contribution < 1.29 is 17.6 Å². The summed E-state index contributed by atoms with van der Waals surface area (Å²) >= 11 is 0. The molecule has 1 N–H and O–H groups in total. The number of nitrogens with zero attached hydrogens (tertiary/aromatic N) is 2. The van der Waals surface area contributed by atoms with Gasteiger partial charge in [0.2, 0.25) is 0 Å². The van der Waals surface area contributed by atoms with Crippen molar-refractivity contribution in [2.24, 2.45) is 0 Å². The van der Waals surface area contributed by atoms with E-state index in [4.69, 9.17) is 0 Å². The predicted octanol–water partition coefficient (Wildman–Crippen LogP) is 2.03. The number of nitrogens with one attached hydrogen (secondary N) is 1. The van der Waals surface area contributed by atoms with Crippen molar-refractivity contribution in [1.29, 1.82) is 0 Å². The molecule has 0 aliphatic carbocycles. The van der Waals surface area contributed by atoms with Crippen LogP contribution in [-0.2, 0) is 25.8 Å². The van der Waals surface area contributed by atoms with Crippen LogP contribution in [0.25, 0.3) is 0 Å². The van der Waals surface area contributed by atoms with Crippen molar-refractivity contribution in [3.8, 4) is 0 Å². The van der Waals surface area contributed by atoms with Crippen LogP contribution in [0.2, 0.25) is 0 Å². The van der Waals surface area contributed by atoms with Crippen LogP contribution in [0, 0.1) is 0 Å². The summed E-state index contributed by atoms with van der Waals surface area (Å²) in [5, 5.41) is 2.89. The molecule has 0 aromatic carbocycles. The second-order valence-electron chi connectivity index (χ2n) is 3.47. The van der Waals surface area contributed by atoms with Gasteiger partial charge in [0, 0.05) is 12.1 Å². The van der Waals surface area contributed by atoms with Crippen molar-refractivity contribution in [1.82, 2.24) is 15.3 Å². The Morgan fingerprint density at radius 3 is 2.53 bits per heavy atom. The second-order valence-corrected chi connectivity index (χ2v) is 3.47. The molecule has 0 spiro atoms. The van der Waals surface area contributed by atoms with E-state index in [1.54, 1.807) is 0 Å². The van der Waals surface area contributed by atoms with Crippen molar-refractivity contribution >= 4 is 12.4 Å². The summed E-state index contributed by atoms with van der Waals surface area (Å²) in [6.45, 7) is -0.404. The van der Waals surface area contributed by atoms with Crippen LogP contribution >= 0.6 is 12.4 Å². The first-order valence-corrected chi connectivity index (χ1v) is 4.75. The molecule has 1 aromatic heterocycles. The summed E-state index contributed by atoms with van der Waals surface area (Å²) in [4.78, 5) is 6.99. The summed E-state index contributed by atoms with van der Waals surface area (Å²) in [7, 11) is 0. The third kappa shape index (κ3) is 2.84. The Morgan fingerprint density at radius 2 is 1.94 bits per heavy atom. The quantitative estimate of drug-likeness (QED) is 0.794. The van der Waals surface area contributed by atoms with E-state index in [0.717, 1.165) is 0 Å². The Bertz CT molecular complexity index is 408. The van der Waals surface area contributed by atoms with Crippen LogP contribution < -0.4 is 5.32 Å². The van der Waals surface area contributed by atoms with Gasteiger partial charge in [-0.05, 0) is 13.0 Å². The minimum absolute atomic E-state index is 0. The Morgan fingerprint density at radius 1 is 1.24 bits per heavy atom. The first-order valence-electron chi connectivity index (χ1n) is 4.75. The molecule has 1 aliphatic heterocycles. The van der Waals surface area contributed by atoms with E-state index in [1.807, 2.05) is 0 Å². The Labute approximate surface area is 101 Å². The van der Waals surface area contributed by atoms with Gasteiger partial charge >= 0.3 is 6.18 Å². The SMILES string of the molecule is Cl.FCc1nc2c(c(C(F)(F)F)n1)CCNC2. The average molecular weight is 272 g/mol. The summed E-state index contributed by atoms with van der Waals surface area (Å²) in [5.74, 6) is -0.408. The Balaban J connectivity index is 0.00000144. The van der Waals surface area contributed by atoms with Gasteiger partial charge in [0.15, 0.2) is 11.5 Å². The molecule has 96 valence electrons. The Hall–Kier alpha value is -0.950. The molecule has 1 aromatic rings. The molecule has 0 saturated carbocycles. The second kappa shape index (κ2) is 5.14.